The van der Waals surface area contributed by atoms with Crippen molar-refractivity contribution in [2.75, 3.05) is 5.32 Å². The molecule has 0 aliphatic carbocycles. The molecule has 0 unspecified atom stereocenters. The summed E-state index contributed by atoms with van der Waals surface area (Å²) >= 11 is 0. The van der Waals surface area contributed by atoms with Crippen LogP contribution in [0.15, 0.2) is 24.3 Å². The standard InChI is InChI=1S/C13H14N4O2/c1-2-3-7-4-5-8-9(6-7)16-12(17-13(15)19)10(8)11(14)18/h2-6,16H,1H3,(H2,14,18)(H3,15,17,19). The molecule has 19 heavy (non-hydrogen) atoms. The predicted molar refractivity (Wildman–Crippen MR) is 74.7 cm³/mol. The fraction of sp³-hybridized carbons (Fsp3) is 0.0769. The summed E-state index contributed by atoms with van der Waals surface area (Å²) in [7, 11) is 0. The van der Waals surface area contributed by atoms with Crippen molar-refractivity contribution in [1.29, 1.82) is 0 Å². The van der Waals surface area contributed by atoms with Crippen LogP contribution in [0.3, 0.4) is 0 Å². The number of H-pyrrole nitrogens is 1. The molecule has 0 fully saturated rings. The molecular weight excluding hydrogens is 244 g/mol. The van der Waals surface area contributed by atoms with Crippen LogP contribution in [0.1, 0.15) is 22.8 Å². The molecule has 0 radical (unpaired) electrons. The lowest BCUT2D eigenvalue weighted by Crippen LogP contribution is -2.22. The topological polar surface area (TPSA) is 114 Å². The van der Waals surface area contributed by atoms with E-state index in [9.17, 15) is 9.59 Å². The number of amides is 3. The van der Waals surface area contributed by atoms with Gasteiger partial charge < -0.3 is 16.5 Å². The second-order valence-electron chi connectivity index (χ2n) is 4.03. The second kappa shape index (κ2) is 4.85. The third kappa shape index (κ3) is 2.42. The van der Waals surface area contributed by atoms with E-state index in [0.29, 0.717) is 10.9 Å². The minimum atomic E-state index is -0.761. The van der Waals surface area contributed by atoms with Crippen LogP contribution in [0, 0.1) is 0 Å². The molecular formula is C13H14N4O2. The van der Waals surface area contributed by atoms with Gasteiger partial charge in [0, 0.05) is 10.9 Å². The fourth-order valence-electron chi connectivity index (χ4n) is 1.98. The highest BCUT2D eigenvalue weighted by Gasteiger charge is 2.17. The van der Waals surface area contributed by atoms with Crippen LogP contribution in [0.5, 0.6) is 0 Å². The Morgan fingerprint density at radius 3 is 2.63 bits per heavy atom. The van der Waals surface area contributed by atoms with E-state index >= 15 is 0 Å². The molecule has 2 aromatic rings. The minimum Gasteiger partial charge on any atom is -0.365 e. The second-order valence-corrected chi connectivity index (χ2v) is 4.03. The number of primary amides is 2. The molecule has 0 saturated heterocycles. The predicted octanol–water partition coefficient (Wildman–Crippen LogP) is 1.79. The van der Waals surface area contributed by atoms with Crippen molar-refractivity contribution in [3.63, 3.8) is 0 Å². The van der Waals surface area contributed by atoms with Gasteiger partial charge in [-0.25, -0.2) is 4.79 Å². The number of aromatic nitrogens is 1. The van der Waals surface area contributed by atoms with Crippen molar-refractivity contribution in [2.24, 2.45) is 11.5 Å². The van der Waals surface area contributed by atoms with Gasteiger partial charge in [0.05, 0.1) is 5.56 Å². The van der Waals surface area contributed by atoms with Gasteiger partial charge in [-0.1, -0.05) is 24.3 Å². The molecule has 6 N–H and O–H groups in total. The third-order valence-electron chi connectivity index (χ3n) is 2.68. The average Bonchev–Trinajstić information content (AvgIpc) is 2.65. The number of hydrogen-bond donors (Lipinski definition) is 4. The monoisotopic (exact) mass is 258 g/mol. The largest absolute Gasteiger partial charge is 0.365 e. The summed E-state index contributed by atoms with van der Waals surface area (Å²) in [6, 6.07) is 4.72. The van der Waals surface area contributed by atoms with Crippen molar-refractivity contribution >= 4 is 34.7 Å². The summed E-state index contributed by atoms with van der Waals surface area (Å²) in [5, 5.41) is 3.00. The first kappa shape index (κ1) is 12.7. The zero-order chi connectivity index (χ0) is 14.0. The highest BCUT2D eigenvalue weighted by atomic mass is 16.2. The lowest BCUT2D eigenvalue weighted by atomic mass is 10.1. The first-order chi connectivity index (χ1) is 9.02. The van der Waals surface area contributed by atoms with Crippen molar-refractivity contribution in [3.05, 3.63) is 35.4 Å². The van der Waals surface area contributed by atoms with Gasteiger partial charge in [-0.05, 0) is 18.6 Å². The van der Waals surface area contributed by atoms with Crippen molar-refractivity contribution in [1.82, 2.24) is 4.98 Å². The molecule has 98 valence electrons. The van der Waals surface area contributed by atoms with E-state index in [-0.39, 0.29) is 11.4 Å². The zero-order valence-corrected chi connectivity index (χ0v) is 10.4. The SMILES string of the molecule is CC=Cc1ccc2c(C(N)=O)c(NC(N)=O)[nH]c2c1. The smallest absolute Gasteiger partial charge is 0.317 e. The summed E-state index contributed by atoms with van der Waals surface area (Å²) in [6.07, 6.45) is 3.83. The number of aromatic amines is 1. The lowest BCUT2D eigenvalue weighted by Gasteiger charge is -2.00. The molecule has 1 heterocycles. The quantitative estimate of drug-likeness (QED) is 0.672. The van der Waals surface area contributed by atoms with Crippen LogP contribution in [0.4, 0.5) is 10.6 Å². The fourth-order valence-corrected chi connectivity index (χ4v) is 1.98. The van der Waals surface area contributed by atoms with E-state index in [2.05, 4.69) is 10.3 Å². The Morgan fingerprint density at radius 2 is 2.05 bits per heavy atom. The number of nitrogens with two attached hydrogens (primary N) is 2. The summed E-state index contributed by atoms with van der Waals surface area (Å²) in [5.41, 5.74) is 12.3. The Labute approximate surface area is 109 Å². The molecule has 6 heteroatoms. The molecule has 1 aromatic heterocycles. The Bertz CT molecular complexity index is 685. The van der Waals surface area contributed by atoms with Gasteiger partial charge in [-0.15, -0.1) is 0 Å². The van der Waals surface area contributed by atoms with E-state index < -0.39 is 11.9 Å². The van der Waals surface area contributed by atoms with Crippen molar-refractivity contribution in [2.45, 2.75) is 6.92 Å². The highest BCUT2D eigenvalue weighted by molar-refractivity contribution is 6.13. The van der Waals surface area contributed by atoms with Gasteiger partial charge in [-0.2, -0.15) is 0 Å². The molecule has 0 bridgehead atoms. The Hall–Kier alpha value is -2.76. The van der Waals surface area contributed by atoms with E-state index in [1.807, 2.05) is 31.2 Å². The number of carbonyl (C=O) groups is 2. The Morgan fingerprint density at radius 1 is 1.32 bits per heavy atom. The van der Waals surface area contributed by atoms with Crippen LogP contribution in [0.25, 0.3) is 17.0 Å². The van der Waals surface area contributed by atoms with Crippen LogP contribution >= 0.6 is 0 Å². The Kier molecular flexibility index (Phi) is 3.24. The summed E-state index contributed by atoms with van der Waals surface area (Å²) in [5.74, 6) is -0.415. The average molecular weight is 258 g/mol. The molecule has 0 atom stereocenters. The highest BCUT2D eigenvalue weighted by Crippen LogP contribution is 2.27. The summed E-state index contributed by atoms with van der Waals surface area (Å²) in [4.78, 5) is 25.3. The zero-order valence-electron chi connectivity index (χ0n) is 10.4. The van der Waals surface area contributed by atoms with Gasteiger partial charge in [0.15, 0.2) is 0 Å². The molecule has 0 spiro atoms. The van der Waals surface area contributed by atoms with E-state index in [0.717, 1.165) is 5.56 Å². The molecule has 2 rings (SSSR count). The number of fused-ring (bicyclic) bond motifs is 1. The number of anilines is 1. The normalized spacial score (nSPS) is 11.0. The maximum absolute atomic E-state index is 11.5. The minimum absolute atomic E-state index is 0.215. The molecule has 0 saturated carbocycles. The number of nitrogens with one attached hydrogen (secondary N) is 2. The van der Waals surface area contributed by atoms with E-state index in [1.165, 1.54) is 0 Å². The third-order valence-corrected chi connectivity index (χ3v) is 2.68. The summed E-state index contributed by atoms with van der Waals surface area (Å²) < 4.78 is 0. The van der Waals surface area contributed by atoms with E-state index in [4.69, 9.17) is 11.5 Å². The van der Waals surface area contributed by atoms with Gasteiger partial charge in [0.25, 0.3) is 5.91 Å². The lowest BCUT2D eigenvalue weighted by molar-refractivity contribution is 0.100. The maximum Gasteiger partial charge on any atom is 0.317 e. The van der Waals surface area contributed by atoms with Gasteiger partial charge in [0.2, 0.25) is 0 Å². The number of urea groups is 1. The van der Waals surface area contributed by atoms with Crippen LogP contribution in [0.2, 0.25) is 0 Å². The number of benzene rings is 1. The molecule has 1 aromatic carbocycles. The van der Waals surface area contributed by atoms with Gasteiger partial charge in [0.1, 0.15) is 5.82 Å². The van der Waals surface area contributed by atoms with Crippen LogP contribution < -0.4 is 16.8 Å². The number of carbonyl (C=O) groups excluding carboxylic acids is 2. The van der Waals surface area contributed by atoms with Crippen molar-refractivity contribution in [3.8, 4) is 0 Å². The van der Waals surface area contributed by atoms with Gasteiger partial charge >= 0.3 is 6.03 Å². The Balaban J connectivity index is 2.65. The van der Waals surface area contributed by atoms with Gasteiger partial charge in [-0.3, -0.25) is 10.1 Å². The molecule has 0 aliphatic heterocycles. The molecule has 3 amide bonds. The first-order valence-corrected chi connectivity index (χ1v) is 5.67. The molecule has 6 nitrogen and oxygen atoms in total. The molecule has 0 aliphatic rings. The van der Waals surface area contributed by atoms with Crippen LogP contribution in [-0.2, 0) is 0 Å². The number of rotatable bonds is 3. The number of hydrogen-bond acceptors (Lipinski definition) is 2. The van der Waals surface area contributed by atoms with E-state index in [1.54, 1.807) is 6.07 Å². The first-order valence-electron chi connectivity index (χ1n) is 5.67. The van der Waals surface area contributed by atoms with Crippen molar-refractivity contribution < 1.29 is 9.59 Å². The number of allylic oxidation sites excluding steroid dienone is 1. The van der Waals surface area contributed by atoms with Crippen LogP contribution in [-0.4, -0.2) is 16.9 Å². The summed E-state index contributed by atoms with van der Waals surface area (Å²) in [6.45, 7) is 1.91. The maximum atomic E-state index is 11.5.